The maximum atomic E-state index is 14.6. The number of sulfonamides is 1. The van der Waals surface area contributed by atoms with Gasteiger partial charge < -0.3 is 37.3 Å². The van der Waals surface area contributed by atoms with Gasteiger partial charge in [0.2, 0.25) is 27.7 Å². The zero-order chi connectivity index (χ0) is 42.1. The van der Waals surface area contributed by atoms with Gasteiger partial charge in [-0.15, -0.1) is 0 Å². The van der Waals surface area contributed by atoms with Crippen molar-refractivity contribution in [3.05, 3.63) is 107 Å². The summed E-state index contributed by atoms with van der Waals surface area (Å²) < 4.78 is 24.0. The van der Waals surface area contributed by atoms with Gasteiger partial charge in [-0.05, 0) is 109 Å². The van der Waals surface area contributed by atoms with Crippen LogP contribution in [0.3, 0.4) is 0 Å². The highest BCUT2D eigenvalue weighted by atomic mass is 35.5. The Labute approximate surface area is 353 Å². The van der Waals surface area contributed by atoms with E-state index in [2.05, 4.69) is 25.9 Å². The molecule has 0 saturated carbocycles. The summed E-state index contributed by atoms with van der Waals surface area (Å²) in [6.07, 6.45) is 6.25. The van der Waals surface area contributed by atoms with Gasteiger partial charge in [-0.1, -0.05) is 59.8 Å². The number of nitrogens with zero attached hydrogens (tertiary/aromatic N) is 2. The molecular formula is C42H50ClN9O5S2. The Hall–Kier alpha value is -4.81. The molecule has 3 aromatic carbocycles. The first kappa shape index (κ1) is 43.8. The number of fused-ring (bicyclic) bond motifs is 3. The van der Waals surface area contributed by atoms with E-state index >= 15 is 0 Å². The van der Waals surface area contributed by atoms with Crippen molar-refractivity contribution in [1.82, 2.24) is 30.8 Å². The van der Waals surface area contributed by atoms with E-state index in [1.807, 2.05) is 48.7 Å². The van der Waals surface area contributed by atoms with E-state index in [0.717, 1.165) is 22.0 Å². The fourth-order valence-corrected chi connectivity index (χ4v) is 9.03. The van der Waals surface area contributed by atoms with Crippen molar-refractivity contribution in [3.8, 4) is 11.1 Å². The van der Waals surface area contributed by atoms with E-state index in [4.69, 9.17) is 28.2 Å². The van der Waals surface area contributed by atoms with Crippen molar-refractivity contribution in [1.29, 1.82) is 0 Å². The van der Waals surface area contributed by atoms with Gasteiger partial charge in [-0.2, -0.15) is 0 Å². The Morgan fingerprint density at radius 3 is 2.36 bits per heavy atom. The van der Waals surface area contributed by atoms with Crippen LogP contribution in [-0.4, -0.2) is 79.3 Å². The first-order valence-electron chi connectivity index (χ1n) is 19.5. The minimum absolute atomic E-state index is 0.0225. The van der Waals surface area contributed by atoms with Crippen LogP contribution in [0.4, 0.5) is 0 Å². The molecule has 312 valence electrons. The molecule has 2 aromatic heterocycles. The van der Waals surface area contributed by atoms with Crippen molar-refractivity contribution in [2.75, 3.05) is 20.1 Å². The summed E-state index contributed by atoms with van der Waals surface area (Å²) in [5, 5.41) is 16.8. The van der Waals surface area contributed by atoms with Gasteiger partial charge in [0.15, 0.2) is 0 Å². The van der Waals surface area contributed by atoms with Gasteiger partial charge in [0.05, 0.1) is 16.0 Å². The zero-order valence-corrected chi connectivity index (χ0v) is 35.1. The molecule has 3 atom stereocenters. The molecule has 0 saturated heterocycles. The molecule has 1 aliphatic heterocycles. The minimum Gasteiger partial charge on any atom is -0.361 e. The number of benzene rings is 3. The molecule has 3 amide bonds. The number of aromatic nitrogens is 2. The second-order valence-corrected chi connectivity index (χ2v) is 17.5. The molecular weight excluding hydrogens is 810 g/mol. The predicted octanol–water partition coefficient (Wildman–Crippen LogP) is 4.19. The Morgan fingerprint density at radius 2 is 1.61 bits per heavy atom. The second-order valence-electron chi connectivity index (χ2n) is 14.5. The van der Waals surface area contributed by atoms with Crippen molar-refractivity contribution in [2.24, 2.45) is 16.6 Å². The lowest BCUT2D eigenvalue weighted by Crippen LogP contribution is -2.57. The van der Waals surface area contributed by atoms with Crippen LogP contribution in [-0.2, 0) is 43.9 Å². The summed E-state index contributed by atoms with van der Waals surface area (Å²) in [4.78, 5) is 53.2. The summed E-state index contributed by atoms with van der Waals surface area (Å²) in [6.45, 7) is 1.10. The summed E-state index contributed by atoms with van der Waals surface area (Å²) in [7, 11) is -2.32. The molecule has 6 rings (SSSR count). The lowest BCUT2D eigenvalue weighted by Gasteiger charge is -2.32. The highest BCUT2D eigenvalue weighted by Crippen LogP contribution is 2.40. The van der Waals surface area contributed by atoms with Crippen LogP contribution in [0.15, 0.2) is 100 Å². The number of halogens is 1. The Bertz CT molecular complexity index is 2390. The first-order chi connectivity index (χ1) is 28.4. The highest BCUT2D eigenvalue weighted by molar-refractivity contribution is 7.99. The SMILES string of the molecule is CN1C(=O)[C@H](CCCCN)NC(=O)[C@H](CCCN)NCc2cccnc2Sc2c(Cl)cc(-c3ccc(S(N)(=O)=O)cc3)cc2CNC(=O)[C@@H]1Cc1c[nH]c2ccccc12. The average molecular weight is 861 g/mol. The normalized spacial score (nSPS) is 18.5. The molecule has 0 bridgehead atoms. The Morgan fingerprint density at radius 1 is 0.864 bits per heavy atom. The largest absolute Gasteiger partial charge is 0.361 e. The number of aromatic amines is 1. The number of nitrogens with one attached hydrogen (secondary N) is 4. The molecule has 0 aliphatic carbocycles. The number of hydrogen-bond donors (Lipinski definition) is 7. The van der Waals surface area contributed by atoms with E-state index in [-0.39, 0.29) is 30.3 Å². The molecule has 1 aliphatic rings. The van der Waals surface area contributed by atoms with Gasteiger partial charge in [0.25, 0.3) is 0 Å². The Kier molecular flexibility index (Phi) is 14.8. The van der Waals surface area contributed by atoms with Crippen molar-refractivity contribution in [3.63, 3.8) is 0 Å². The van der Waals surface area contributed by atoms with E-state index < -0.39 is 40.0 Å². The van der Waals surface area contributed by atoms with Crippen LogP contribution < -0.4 is 32.6 Å². The van der Waals surface area contributed by atoms with Crippen molar-refractivity contribution in [2.45, 2.75) is 84.6 Å². The third-order valence-electron chi connectivity index (χ3n) is 10.5. The number of amides is 3. The number of likely N-dealkylation sites (N-methyl/N-ethyl adjacent to an activating group) is 1. The number of nitrogens with two attached hydrogens (primary N) is 3. The second kappa shape index (κ2) is 20.0. The topological polar surface area (TPSA) is 231 Å². The summed E-state index contributed by atoms with van der Waals surface area (Å²) >= 11 is 8.42. The quantitative estimate of drug-likeness (QED) is 0.0937. The van der Waals surface area contributed by atoms with Gasteiger partial charge >= 0.3 is 0 Å². The third-order valence-corrected chi connectivity index (χ3v) is 13.0. The van der Waals surface area contributed by atoms with Crippen LogP contribution >= 0.6 is 23.4 Å². The smallest absolute Gasteiger partial charge is 0.245 e. The van der Waals surface area contributed by atoms with Gasteiger partial charge in [-0.25, -0.2) is 18.5 Å². The summed E-state index contributed by atoms with van der Waals surface area (Å²) in [6, 6.07) is 18.7. The average Bonchev–Trinajstić information content (AvgIpc) is 3.64. The number of carbonyl (C=O) groups is 3. The highest BCUT2D eigenvalue weighted by Gasteiger charge is 2.34. The summed E-state index contributed by atoms with van der Waals surface area (Å²) in [5.74, 6) is -1.18. The van der Waals surface area contributed by atoms with Gasteiger partial charge in [0, 0.05) is 54.8 Å². The molecule has 17 heteroatoms. The molecule has 10 N–H and O–H groups in total. The Balaban J connectivity index is 1.45. The van der Waals surface area contributed by atoms with Crippen molar-refractivity contribution < 1.29 is 22.8 Å². The number of carbonyl (C=O) groups excluding carboxylic acids is 3. The molecule has 0 unspecified atom stereocenters. The van der Waals surface area contributed by atoms with E-state index in [9.17, 15) is 22.8 Å². The van der Waals surface area contributed by atoms with Crippen LogP contribution in [0, 0.1) is 0 Å². The number of pyridine rings is 1. The lowest BCUT2D eigenvalue weighted by molar-refractivity contribution is -0.142. The van der Waals surface area contributed by atoms with Crippen LogP contribution in [0.5, 0.6) is 0 Å². The molecule has 3 heterocycles. The van der Waals surface area contributed by atoms with E-state index in [0.29, 0.717) is 76.8 Å². The third kappa shape index (κ3) is 10.9. The maximum absolute atomic E-state index is 14.6. The number of rotatable bonds is 11. The molecule has 0 radical (unpaired) electrons. The molecule has 5 aromatic rings. The maximum Gasteiger partial charge on any atom is 0.245 e. The number of primary sulfonamides is 1. The number of H-pyrrole nitrogens is 1. The monoisotopic (exact) mass is 859 g/mol. The minimum atomic E-state index is -3.91. The van der Waals surface area contributed by atoms with Crippen LogP contribution in [0.25, 0.3) is 22.0 Å². The van der Waals surface area contributed by atoms with E-state index in [1.165, 1.54) is 28.8 Å². The molecule has 59 heavy (non-hydrogen) atoms. The first-order valence-corrected chi connectivity index (χ1v) is 22.2. The zero-order valence-electron chi connectivity index (χ0n) is 32.7. The van der Waals surface area contributed by atoms with Gasteiger partial charge in [0.1, 0.15) is 17.1 Å². The predicted molar refractivity (Wildman–Crippen MR) is 231 cm³/mol. The molecule has 0 fully saturated rings. The van der Waals surface area contributed by atoms with E-state index in [1.54, 1.807) is 31.4 Å². The number of para-hydroxylation sites is 1. The van der Waals surface area contributed by atoms with Crippen LogP contribution in [0.1, 0.15) is 48.8 Å². The standard InChI is InChI=1S/C42H50ClN9O5S2/c1-52-37(22-29-24-48-34-10-3-2-9-32(29)34)40(54)50-25-30-20-28(26-13-15-31(16-14-26)59(46,56)57)21-33(43)38(30)58-41-27(8-7-19-47-41)23-49-35(12-6-18-45)39(53)51-36(42(52)55)11-4-5-17-44/h2-3,7-10,13-16,19-21,24,35-37,48-49H,4-6,11-12,17-18,22-23,25,44-45H2,1H3,(H,50,54)(H,51,53)(H2,46,56,57)/t35-,36-,37-/m0/s1. The number of hydrogen-bond acceptors (Lipinski definition) is 10. The van der Waals surface area contributed by atoms with Gasteiger partial charge in [-0.3, -0.25) is 14.4 Å². The molecule has 0 spiro atoms. The molecule has 14 nitrogen and oxygen atoms in total. The fraction of sp³-hybridized carbons (Fsp3) is 0.333. The van der Waals surface area contributed by atoms with Crippen LogP contribution in [0.2, 0.25) is 5.02 Å². The number of unbranched alkanes of at least 4 members (excludes halogenated alkanes) is 1. The fourth-order valence-electron chi connectivity index (χ4n) is 7.16. The lowest BCUT2D eigenvalue weighted by atomic mass is 10.0. The van der Waals surface area contributed by atoms with Crippen molar-refractivity contribution >= 4 is 62.0 Å². The summed E-state index contributed by atoms with van der Waals surface area (Å²) in [5.41, 5.74) is 16.3.